The molecule has 0 fully saturated rings. The van der Waals surface area contributed by atoms with Gasteiger partial charge in [0.1, 0.15) is 5.82 Å². The molecule has 1 heterocycles. The maximum absolute atomic E-state index is 11.8. The largest absolute Gasteiger partial charge is 0.380 e. The van der Waals surface area contributed by atoms with Crippen LogP contribution in [0.2, 0.25) is 0 Å². The van der Waals surface area contributed by atoms with Gasteiger partial charge in [0, 0.05) is 37.3 Å². The molecule has 0 spiro atoms. The van der Waals surface area contributed by atoms with Crippen LogP contribution in [0.15, 0.2) is 36.7 Å². The Morgan fingerprint density at radius 1 is 1.45 bits per heavy atom. The number of hydrogen-bond acceptors (Lipinski definition) is 4. The number of imidazole rings is 1. The molecule has 1 aromatic carbocycles. The van der Waals surface area contributed by atoms with Gasteiger partial charge in [0.05, 0.1) is 12.5 Å². The number of rotatable bonds is 6. The number of nitrogens with zero attached hydrogens (tertiary/aromatic N) is 1. The van der Waals surface area contributed by atoms with E-state index in [0.29, 0.717) is 6.54 Å². The van der Waals surface area contributed by atoms with Crippen LogP contribution in [0.4, 0.5) is 5.69 Å². The number of aromatic nitrogens is 2. The Morgan fingerprint density at radius 3 is 2.75 bits per heavy atom. The summed E-state index contributed by atoms with van der Waals surface area (Å²) in [6, 6.07) is 7.45. The third kappa shape index (κ3) is 3.66. The number of carbonyl (C=O) groups excluding carboxylic acids is 1. The van der Waals surface area contributed by atoms with E-state index in [4.69, 9.17) is 10.5 Å². The van der Waals surface area contributed by atoms with Gasteiger partial charge in [-0.1, -0.05) is 0 Å². The van der Waals surface area contributed by atoms with Gasteiger partial charge in [-0.25, -0.2) is 4.98 Å². The van der Waals surface area contributed by atoms with Crippen molar-refractivity contribution in [1.82, 2.24) is 9.97 Å². The zero-order valence-electron chi connectivity index (χ0n) is 11.3. The third-order valence-corrected chi connectivity index (χ3v) is 2.95. The Kier molecular flexibility index (Phi) is 4.86. The highest BCUT2D eigenvalue weighted by Gasteiger charge is 2.11. The van der Waals surface area contributed by atoms with Gasteiger partial charge >= 0.3 is 0 Å². The summed E-state index contributed by atoms with van der Waals surface area (Å²) in [6.45, 7) is 0.321. The number of amides is 1. The molecule has 1 aromatic heterocycles. The SMILES string of the molecule is COC(CN)CC(=O)Nc1ccc(-c2ncc[nH]2)cc1. The molecule has 2 aromatic rings. The van der Waals surface area contributed by atoms with Gasteiger partial charge in [-0.2, -0.15) is 0 Å². The van der Waals surface area contributed by atoms with Crippen molar-refractivity contribution in [2.45, 2.75) is 12.5 Å². The van der Waals surface area contributed by atoms with E-state index in [1.54, 1.807) is 19.5 Å². The van der Waals surface area contributed by atoms with Crippen LogP contribution in [0.1, 0.15) is 6.42 Å². The van der Waals surface area contributed by atoms with E-state index in [0.717, 1.165) is 17.1 Å². The van der Waals surface area contributed by atoms with Gasteiger partial charge in [0.25, 0.3) is 0 Å². The van der Waals surface area contributed by atoms with E-state index in [1.807, 2.05) is 24.3 Å². The number of carbonyl (C=O) groups is 1. The van der Waals surface area contributed by atoms with Crippen LogP contribution >= 0.6 is 0 Å². The minimum Gasteiger partial charge on any atom is -0.380 e. The molecule has 0 radical (unpaired) electrons. The second-order valence-corrected chi connectivity index (χ2v) is 4.36. The molecule has 0 saturated heterocycles. The summed E-state index contributed by atoms with van der Waals surface area (Å²) in [5.41, 5.74) is 7.18. The highest BCUT2D eigenvalue weighted by Crippen LogP contribution is 2.17. The van der Waals surface area contributed by atoms with Crippen LogP contribution < -0.4 is 11.1 Å². The lowest BCUT2D eigenvalue weighted by atomic mass is 10.2. The number of nitrogens with one attached hydrogen (secondary N) is 2. The van der Waals surface area contributed by atoms with Crippen molar-refractivity contribution < 1.29 is 9.53 Å². The number of ether oxygens (including phenoxy) is 1. The van der Waals surface area contributed by atoms with Gasteiger partial charge in [0.2, 0.25) is 5.91 Å². The summed E-state index contributed by atoms with van der Waals surface area (Å²) in [6.07, 6.45) is 3.45. The molecule has 0 aliphatic heterocycles. The van der Waals surface area contributed by atoms with Crippen LogP contribution in [0.3, 0.4) is 0 Å². The molecule has 106 valence electrons. The first-order valence-corrected chi connectivity index (χ1v) is 6.35. The lowest BCUT2D eigenvalue weighted by molar-refractivity contribution is -0.118. The topological polar surface area (TPSA) is 93.0 Å². The number of aromatic amines is 1. The second kappa shape index (κ2) is 6.83. The maximum atomic E-state index is 11.8. The van der Waals surface area contributed by atoms with Crippen molar-refractivity contribution in [1.29, 1.82) is 0 Å². The fraction of sp³-hybridized carbons (Fsp3) is 0.286. The summed E-state index contributed by atoms with van der Waals surface area (Å²) >= 11 is 0. The average molecular weight is 274 g/mol. The van der Waals surface area contributed by atoms with E-state index in [9.17, 15) is 4.79 Å². The number of H-pyrrole nitrogens is 1. The second-order valence-electron chi connectivity index (χ2n) is 4.36. The molecule has 1 atom stereocenters. The first kappa shape index (κ1) is 14.2. The van der Waals surface area contributed by atoms with Crippen molar-refractivity contribution in [3.63, 3.8) is 0 Å². The van der Waals surface area contributed by atoms with E-state index in [-0.39, 0.29) is 18.4 Å². The van der Waals surface area contributed by atoms with Crippen molar-refractivity contribution in [3.05, 3.63) is 36.7 Å². The highest BCUT2D eigenvalue weighted by atomic mass is 16.5. The fourth-order valence-electron chi connectivity index (χ4n) is 1.82. The molecule has 1 unspecified atom stereocenters. The number of anilines is 1. The third-order valence-electron chi connectivity index (χ3n) is 2.95. The monoisotopic (exact) mass is 274 g/mol. The molecule has 2 rings (SSSR count). The molecule has 0 saturated carbocycles. The summed E-state index contributed by atoms with van der Waals surface area (Å²) in [5.74, 6) is 0.679. The minimum absolute atomic E-state index is 0.118. The predicted molar refractivity (Wildman–Crippen MR) is 77.1 cm³/mol. The van der Waals surface area contributed by atoms with Crippen LogP contribution in [0.25, 0.3) is 11.4 Å². The molecule has 0 aliphatic rings. The van der Waals surface area contributed by atoms with E-state index in [1.165, 1.54) is 0 Å². The molecule has 0 aliphatic carbocycles. The predicted octanol–water partition coefficient (Wildman–Crippen LogP) is 1.38. The summed E-state index contributed by atoms with van der Waals surface area (Å²) in [7, 11) is 1.54. The Labute approximate surface area is 117 Å². The van der Waals surface area contributed by atoms with E-state index < -0.39 is 0 Å². The first-order chi connectivity index (χ1) is 9.72. The van der Waals surface area contributed by atoms with Gasteiger partial charge in [0.15, 0.2) is 0 Å². The first-order valence-electron chi connectivity index (χ1n) is 6.35. The Morgan fingerprint density at radius 2 is 2.20 bits per heavy atom. The fourth-order valence-corrected chi connectivity index (χ4v) is 1.82. The van der Waals surface area contributed by atoms with Crippen molar-refractivity contribution in [2.75, 3.05) is 19.0 Å². The summed E-state index contributed by atoms with van der Waals surface area (Å²) < 4.78 is 5.08. The zero-order valence-corrected chi connectivity index (χ0v) is 11.3. The molecular formula is C14H18N4O2. The molecular weight excluding hydrogens is 256 g/mol. The van der Waals surface area contributed by atoms with Crippen molar-refractivity contribution >= 4 is 11.6 Å². The van der Waals surface area contributed by atoms with Crippen LogP contribution in [0, 0.1) is 0 Å². The number of methoxy groups -OCH3 is 1. The molecule has 1 amide bonds. The standard InChI is InChI=1S/C14H18N4O2/c1-20-12(9-15)8-13(19)18-11-4-2-10(3-5-11)14-16-6-7-17-14/h2-7,12H,8-9,15H2,1H3,(H,16,17)(H,18,19). The van der Waals surface area contributed by atoms with Crippen molar-refractivity contribution in [3.8, 4) is 11.4 Å². The van der Waals surface area contributed by atoms with Crippen LogP contribution in [0.5, 0.6) is 0 Å². The smallest absolute Gasteiger partial charge is 0.227 e. The van der Waals surface area contributed by atoms with Crippen molar-refractivity contribution in [2.24, 2.45) is 5.73 Å². The van der Waals surface area contributed by atoms with Crippen LogP contribution in [-0.4, -0.2) is 35.6 Å². The minimum atomic E-state index is -0.252. The van der Waals surface area contributed by atoms with Gasteiger partial charge in [-0.05, 0) is 24.3 Å². The summed E-state index contributed by atoms with van der Waals surface area (Å²) in [5, 5.41) is 2.81. The Balaban J connectivity index is 1.95. The Hall–Kier alpha value is -2.18. The molecule has 0 bridgehead atoms. The average Bonchev–Trinajstić information content (AvgIpc) is 2.99. The number of nitrogens with two attached hydrogens (primary N) is 1. The van der Waals surface area contributed by atoms with Crippen LogP contribution in [-0.2, 0) is 9.53 Å². The highest BCUT2D eigenvalue weighted by molar-refractivity contribution is 5.91. The van der Waals surface area contributed by atoms with Gasteiger partial charge < -0.3 is 20.8 Å². The van der Waals surface area contributed by atoms with E-state index in [2.05, 4.69) is 15.3 Å². The number of benzene rings is 1. The Bertz CT molecular complexity index is 533. The molecule has 6 nitrogen and oxygen atoms in total. The molecule has 20 heavy (non-hydrogen) atoms. The lowest BCUT2D eigenvalue weighted by Gasteiger charge is -2.12. The lowest BCUT2D eigenvalue weighted by Crippen LogP contribution is -2.28. The molecule has 6 heteroatoms. The van der Waals surface area contributed by atoms with Gasteiger partial charge in [-0.3, -0.25) is 4.79 Å². The maximum Gasteiger partial charge on any atom is 0.227 e. The quantitative estimate of drug-likeness (QED) is 0.742. The zero-order chi connectivity index (χ0) is 14.4. The van der Waals surface area contributed by atoms with Gasteiger partial charge in [-0.15, -0.1) is 0 Å². The number of hydrogen-bond donors (Lipinski definition) is 3. The summed E-state index contributed by atoms with van der Waals surface area (Å²) in [4.78, 5) is 19.0. The van der Waals surface area contributed by atoms with E-state index >= 15 is 0 Å². The molecule has 4 N–H and O–H groups in total. The normalized spacial score (nSPS) is 12.1.